The van der Waals surface area contributed by atoms with E-state index in [2.05, 4.69) is 20.9 Å². The molecular formula is C16H14BrNO3. The molecule has 4 nitrogen and oxygen atoms in total. The Labute approximate surface area is 130 Å². The number of hydrogen-bond donors (Lipinski definition) is 1. The van der Waals surface area contributed by atoms with Gasteiger partial charge in [0.2, 0.25) is 5.89 Å². The van der Waals surface area contributed by atoms with Crippen LogP contribution >= 0.6 is 15.9 Å². The number of rotatable bonds is 2. The first-order valence-corrected chi connectivity index (χ1v) is 7.23. The highest BCUT2D eigenvalue weighted by Crippen LogP contribution is 2.40. The van der Waals surface area contributed by atoms with E-state index in [0.29, 0.717) is 17.2 Å². The first kappa shape index (κ1) is 13.9. The number of benzene rings is 2. The number of hydrogen-bond acceptors (Lipinski definition) is 4. The van der Waals surface area contributed by atoms with E-state index in [9.17, 15) is 5.11 Å². The molecule has 0 aliphatic carbocycles. The number of halogens is 1. The average Bonchev–Trinajstić information content (AvgIpc) is 2.84. The molecular weight excluding hydrogens is 334 g/mol. The van der Waals surface area contributed by atoms with E-state index in [-0.39, 0.29) is 5.75 Å². The SMILES string of the molecule is COc1cc(Br)cc(-c2nc3cc(C)cc(C)c3o2)c1O. The van der Waals surface area contributed by atoms with Crippen molar-refractivity contribution in [2.24, 2.45) is 0 Å². The number of aryl methyl sites for hydroxylation is 2. The fourth-order valence-electron chi connectivity index (χ4n) is 2.38. The third-order valence-electron chi connectivity index (χ3n) is 3.31. The van der Waals surface area contributed by atoms with Crippen LogP contribution in [0.15, 0.2) is 33.2 Å². The fourth-order valence-corrected chi connectivity index (χ4v) is 2.82. The quantitative estimate of drug-likeness (QED) is 0.736. The van der Waals surface area contributed by atoms with Gasteiger partial charge in [0.25, 0.3) is 0 Å². The van der Waals surface area contributed by atoms with Gasteiger partial charge in [-0.15, -0.1) is 0 Å². The lowest BCUT2D eigenvalue weighted by Gasteiger charge is -2.07. The Morgan fingerprint density at radius 1 is 1.19 bits per heavy atom. The van der Waals surface area contributed by atoms with Gasteiger partial charge in [-0.1, -0.05) is 22.0 Å². The molecule has 0 atom stereocenters. The van der Waals surface area contributed by atoms with Crippen molar-refractivity contribution in [2.75, 3.05) is 7.11 Å². The van der Waals surface area contributed by atoms with E-state index in [1.165, 1.54) is 7.11 Å². The zero-order chi connectivity index (χ0) is 15.1. The van der Waals surface area contributed by atoms with Crippen LogP contribution in [0.4, 0.5) is 0 Å². The number of methoxy groups -OCH3 is 1. The van der Waals surface area contributed by atoms with E-state index in [1.54, 1.807) is 12.1 Å². The molecule has 0 bridgehead atoms. The van der Waals surface area contributed by atoms with Gasteiger partial charge < -0.3 is 14.3 Å². The topological polar surface area (TPSA) is 55.5 Å². The molecule has 21 heavy (non-hydrogen) atoms. The number of aromatic hydroxyl groups is 1. The van der Waals surface area contributed by atoms with Gasteiger partial charge in [-0.2, -0.15) is 0 Å². The standard InChI is InChI=1S/C16H14BrNO3/c1-8-4-9(2)15-12(5-8)18-16(21-15)11-6-10(17)7-13(20-3)14(11)19/h4-7,19H,1-3H3. The summed E-state index contributed by atoms with van der Waals surface area (Å²) in [6.45, 7) is 3.99. The number of ether oxygens (including phenoxy) is 1. The average molecular weight is 348 g/mol. The summed E-state index contributed by atoms with van der Waals surface area (Å²) in [4.78, 5) is 4.48. The molecule has 0 aliphatic rings. The lowest BCUT2D eigenvalue weighted by molar-refractivity contribution is 0.373. The van der Waals surface area contributed by atoms with E-state index >= 15 is 0 Å². The Morgan fingerprint density at radius 3 is 2.67 bits per heavy atom. The van der Waals surface area contributed by atoms with Crippen LogP contribution in [-0.2, 0) is 0 Å². The summed E-state index contributed by atoms with van der Waals surface area (Å²) in [7, 11) is 1.50. The van der Waals surface area contributed by atoms with E-state index in [1.807, 2.05) is 26.0 Å². The number of aromatic nitrogens is 1. The zero-order valence-electron chi connectivity index (χ0n) is 11.9. The monoisotopic (exact) mass is 347 g/mol. The molecule has 5 heteroatoms. The number of phenols is 1. The Morgan fingerprint density at radius 2 is 1.95 bits per heavy atom. The molecule has 108 valence electrons. The van der Waals surface area contributed by atoms with Crippen LogP contribution in [-0.4, -0.2) is 17.2 Å². The highest BCUT2D eigenvalue weighted by molar-refractivity contribution is 9.10. The summed E-state index contributed by atoms with van der Waals surface area (Å²) in [5.41, 5.74) is 4.14. The molecule has 1 N–H and O–H groups in total. The third-order valence-corrected chi connectivity index (χ3v) is 3.77. The van der Waals surface area contributed by atoms with Crippen LogP contribution in [0.25, 0.3) is 22.6 Å². The lowest BCUT2D eigenvalue weighted by Crippen LogP contribution is -1.87. The zero-order valence-corrected chi connectivity index (χ0v) is 13.5. The van der Waals surface area contributed by atoms with E-state index < -0.39 is 0 Å². The lowest BCUT2D eigenvalue weighted by atomic mass is 10.1. The van der Waals surface area contributed by atoms with Crippen LogP contribution < -0.4 is 4.74 Å². The maximum Gasteiger partial charge on any atom is 0.231 e. The van der Waals surface area contributed by atoms with Crippen molar-refractivity contribution >= 4 is 27.0 Å². The highest BCUT2D eigenvalue weighted by Gasteiger charge is 2.17. The first-order valence-electron chi connectivity index (χ1n) is 6.44. The van der Waals surface area contributed by atoms with Crippen molar-refractivity contribution < 1.29 is 14.3 Å². The Balaban J connectivity index is 2.26. The van der Waals surface area contributed by atoms with Gasteiger partial charge in [-0.25, -0.2) is 4.98 Å². The van der Waals surface area contributed by atoms with Crippen LogP contribution in [0.1, 0.15) is 11.1 Å². The molecule has 0 radical (unpaired) electrons. The van der Waals surface area contributed by atoms with Crippen LogP contribution in [0.3, 0.4) is 0 Å². The highest BCUT2D eigenvalue weighted by atomic mass is 79.9. The predicted molar refractivity (Wildman–Crippen MR) is 84.8 cm³/mol. The van der Waals surface area contributed by atoms with Gasteiger partial charge in [0.05, 0.1) is 12.7 Å². The maximum atomic E-state index is 10.3. The molecule has 0 spiro atoms. The van der Waals surface area contributed by atoms with Crippen LogP contribution in [0.2, 0.25) is 0 Å². The Bertz CT molecular complexity index is 839. The molecule has 0 saturated heterocycles. The number of nitrogens with zero attached hydrogens (tertiary/aromatic N) is 1. The van der Waals surface area contributed by atoms with E-state index in [0.717, 1.165) is 26.7 Å². The molecule has 3 rings (SSSR count). The van der Waals surface area contributed by atoms with E-state index in [4.69, 9.17) is 9.15 Å². The molecule has 1 aromatic heterocycles. The molecule has 0 amide bonds. The van der Waals surface area contributed by atoms with Gasteiger partial charge >= 0.3 is 0 Å². The van der Waals surface area contributed by atoms with Crippen molar-refractivity contribution in [3.8, 4) is 23.0 Å². The van der Waals surface area contributed by atoms with Crippen LogP contribution in [0.5, 0.6) is 11.5 Å². The molecule has 0 fully saturated rings. The number of phenolic OH excluding ortho intramolecular Hbond substituents is 1. The van der Waals surface area contributed by atoms with Gasteiger partial charge in [0.15, 0.2) is 17.1 Å². The van der Waals surface area contributed by atoms with Gasteiger partial charge in [0, 0.05) is 4.47 Å². The third kappa shape index (κ3) is 2.38. The van der Waals surface area contributed by atoms with Crippen molar-refractivity contribution in [1.82, 2.24) is 4.98 Å². The molecule has 1 heterocycles. The van der Waals surface area contributed by atoms with Crippen molar-refractivity contribution in [2.45, 2.75) is 13.8 Å². The summed E-state index contributed by atoms with van der Waals surface area (Å²) >= 11 is 3.39. The summed E-state index contributed by atoms with van der Waals surface area (Å²) < 4.78 is 11.8. The number of oxazole rings is 1. The minimum absolute atomic E-state index is 0.0154. The van der Waals surface area contributed by atoms with Crippen LogP contribution in [0, 0.1) is 13.8 Å². The first-order chi connectivity index (χ1) is 9.99. The van der Waals surface area contributed by atoms with Crippen molar-refractivity contribution in [3.05, 3.63) is 39.9 Å². The Kier molecular flexibility index (Phi) is 3.37. The predicted octanol–water partition coefficient (Wildman–Crippen LogP) is 4.59. The summed E-state index contributed by atoms with van der Waals surface area (Å²) in [5.74, 6) is 0.756. The molecule has 2 aromatic carbocycles. The minimum Gasteiger partial charge on any atom is -0.504 e. The molecule has 0 aliphatic heterocycles. The molecule has 0 saturated carbocycles. The van der Waals surface area contributed by atoms with Gasteiger partial charge in [-0.05, 0) is 43.2 Å². The smallest absolute Gasteiger partial charge is 0.231 e. The second-order valence-corrected chi connectivity index (χ2v) is 5.87. The second kappa shape index (κ2) is 5.07. The van der Waals surface area contributed by atoms with Crippen molar-refractivity contribution in [3.63, 3.8) is 0 Å². The maximum absolute atomic E-state index is 10.3. The summed E-state index contributed by atoms with van der Waals surface area (Å²) in [6, 6.07) is 7.45. The molecule has 0 unspecified atom stereocenters. The van der Waals surface area contributed by atoms with Gasteiger partial charge in [0.1, 0.15) is 5.52 Å². The van der Waals surface area contributed by atoms with Crippen molar-refractivity contribution in [1.29, 1.82) is 0 Å². The molecule has 3 aromatic rings. The minimum atomic E-state index is 0.0154. The Hall–Kier alpha value is -2.01. The number of fused-ring (bicyclic) bond motifs is 1. The summed E-state index contributed by atoms with van der Waals surface area (Å²) in [6.07, 6.45) is 0. The summed E-state index contributed by atoms with van der Waals surface area (Å²) in [5, 5.41) is 10.3. The fraction of sp³-hybridized carbons (Fsp3) is 0.188. The normalized spacial score (nSPS) is 11.0. The second-order valence-electron chi connectivity index (χ2n) is 4.95. The largest absolute Gasteiger partial charge is 0.504 e. The van der Waals surface area contributed by atoms with Gasteiger partial charge in [-0.3, -0.25) is 0 Å².